The van der Waals surface area contributed by atoms with Crippen molar-refractivity contribution in [2.75, 3.05) is 13.7 Å². The number of aliphatic hydroxyl groups is 2. The van der Waals surface area contributed by atoms with Gasteiger partial charge in [0.2, 0.25) is 0 Å². The molecule has 5 rings (SSSR count). The van der Waals surface area contributed by atoms with Crippen LogP contribution in [-0.2, 0) is 23.8 Å². The molecule has 0 amide bonds. The zero-order valence-electron chi connectivity index (χ0n) is 21.3. The van der Waals surface area contributed by atoms with Gasteiger partial charge in [-0.25, -0.2) is 0 Å². The summed E-state index contributed by atoms with van der Waals surface area (Å²) in [5, 5.41) is 32.3. The Bertz CT molecular complexity index is 917. The Balaban J connectivity index is 1.57. The topological polar surface area (TPSA) is 123 Å². The first-order valence-electron chi connectivity index (χ1n) is 13.1. The molecule has 1 heterocycles. The summed E-state index contributed by atoms with van der Waals surface area (Å²) in [5.74, 6) is -0.358. The zero-order valence-corrected chi connectivity index (χ0v) is 21.3. The number of hydrogen-bond acceptors (Lipinski definition) is 7. The highest BCUT2D eigenvalue weighted by atomic mass is 16.7. The number of carbonyl (C=O) groups excluding carboxylic acids is 1. The van der Waals surface area contributed by atoms with Crippen molar-refractivity contribution in [3.05, 3.63) is 11.6 Å². The van der Waals surface area contributed by atoms with E-state index in [1.54, 1.807) is 6.92 Å². The van der Waals surface area contributed by atoms with Crippen LogP contribution in [0.3, 0.4) is 0 Å². The minimum absolute atomic E-state index is 0.0219. The van der Waals surface area contributed by atoms with Crippen LogP contribution in [0.1, 0.15) is 53.4 Å². The number of carbonyl (C=O) groups is 2. The number of aliphatic carboxylic acids is 1. The lowest BCUT2D eigenvalue weighted by atomic mass is 9.43. The van der Waals surface area contributed by atoms with Crippen molar-refractivity contribution in [1.82, 2.24) is 0 Å². The van der Waals surface area contributed by atoms with Crippen molar-refractivity contribution < 1.29 is 39.1 Å². The van der Waals surface area contributed by atoms with Gasteiger partial charge in [0.15, 0.2) is 6.29 Å². The van der Waals surface area contributed by atoms with Crippen LogP contribution in [0.25, 0.3) is 0 Å². The smallest absolute Gasteiger partial charge is 0.315 e. The van der Waals surface area contributed by atoms with Gasteiger partial charge in [-0.2, -0.15) is 0 Å². The van der Waals surface area contributed by atoms with Crippen LogP contribution in [0.4, 0.5) is 0 Å². The molecule has 1 saturated heterocycles. The van der Waals surface area contributed by atoms with E-state index in [-0.39, 0.29) is 30.3 Å². The Kier molecular flexibility index (Phi) is 6.04. The molecule has 8 nitrogen and oxygen atoms in total. The number of carboxylic acid groups (broad SMARTS) is 1. The quantitative estimate of drug-likeness (QED) is 0.366. The summed E-state index contributed by atoms with van der Waals surface area (Å²) in [4.78, 5) is 26.5. The number of carboxylic acids is 1. The molecule has 0 aromatic carbocycles. The van der Waals surface area contributed by atoms with Gasteiger partial charge in [0.05, 0.1) is 18.1 Å². The molecule has 196 valence electrons. The second-order valence-corrected chi connectivity index (χ2v) is 12.2. The Hall–Kier alpha value is -1.32. The minimum atomic E-state index is -1.34. The molecule has 4 bridgehead atoms. The monoisotopic (exact) mass is 492 g/mol. The summed E-state index contributed by atoms with van der Waals surface area (Å²) in [7, 11) is 1.45. The Morgan fingerprint density at radius 2 is 1.94 bits per heavy atom. The highest BCUT2D eigenvalue weighted by Gasteiger charge is 2.84. The van der Waals surface area contributed by atoms with Crippen LogP contribution in [0.15, 0.2) is 11.6 Å². The van der Waals surface area contributed by atoms with Gasteiger partial charge in [-0.3, -0.25) is 4.79 Å². The fraction of sp³-hybridized carbons (Fsp3) is 0.852. The van der Waals surface area contributed by atoms with Crippen molar-refractivity contribution in [2.45, 2.75) is 84.1 Å². The molecule has 8 unspecified atom stereocenters. The van der Waals surface area contributed by atoms with E-state index in [0.717, 1.165) is 24.7 Å². The number of aliphatic hydroxyl groups excluding tert-OH is 2. The number of allylic oxidation sites excluding steroid dienone is 1. The van der Waals surface area contributed by atoms with Crippen LogP contribution in [-0.4, -0.2) is 72.0 Å². The van der Waals surface area contributed by atoms with E-state index < -0.39 is 52.9 Å². The third-order valence-electron chi connectivity index (χ3n) is 10.7. The number of fused-ring (bicyclic) bond motifs is 2. The highest BCUT2D eigenvalue weighted by molar-refractivity contribution is 5.90. The SMILES string of the molecule is COC1C(C)OC(OC[C@@]23C[C@H]4C(CC[C@H]4C)[C@@]4(C=O)CC2C=C(C(C)C)C34C(=O)O)C(O)C1O. The normalized spacial score (nSPS) is 52.5. The Morgan fingerprint density at radius 1 is 1.23 bits per heavy atom. The maximum atomic E-state index is 13.5. The fourth-order valence-corrected chi connectivity index (χ4v) is 9.34. The predicted octanol–water partition coefficient (Wildman–Crippen LogP) is 2.41. The van der Waals surface area contributed by atoms with E-state index in [4.69, 9.17) is 14.2 Å². The van der Waals surface area contributed by atoms with Gasteiger partial charge < -0.3 is 34.3 Å². The molecule has 0 spiro atoms. The molecule has 0 aromatic rings. The number of hydrogen-bond donors (Lipinski definition) is 3. The van der Waals surface area contributed by atoms with Crippen LogP contribution < -0.4 is 0 Å². The van der Waals surface area contributed by atoms with Crippen molar-refractivity contribution in [3.63, 3.8) is 0 Å². The first-order valence-corrected chi connectivity index (χ1v) is 13.1. The van der Waals surface area contributed by atoms with Gasteiger partial charge in [0, 0.05) is 12.5 Å². The van der Waals surface area contributed by atoms with Gasteiger partial charge in [-0.05, 0) is 55.8 Å². The van der Waals surface area contributed by atoms with Gasteiger partial charge in [-0.1, -0.05) is 38.8 Å². The minimum Gasteiger partial charge on any atom is -0.481 e. The van der Waals surface area contributed by atoms with Gasteiger partial charge in [0.25, 0.3) is 0 Å². The highest BCUT2D eigenvalue weighted by Crippen LogP contribution is 2.82. The van der Waals surface area contributed by atoms with Crippen LogP contribution in [0, 0.1) is 45.8 Å². The molecule has 4 fully saturated rings. The lowest BCUT2D eigenvalue weighted by molar-refractivity contribution is -0.306. The van der Waals surface area contributed by atoms with Gasteiger partial charge in [0.1, 0.15) is 30.0 Å². The lowest BCUT2D eigenvalue weighted by Gasteiger charge is -2.58. The Morgan fingerprint density at radius 3 is 2.54 bits per heavy atom. The van der Waals surface area contributed by atoms with Crippen molar-refractivity contribution in [1.29, 1.82) is 0 Å². The molecule has 1 aliphatic heterocycles. The molecule has 0 aromatic heterocycles. The van der Waals surface area contributed by atoms with E-state index in [1.165, 1.54) is 7.11 Å². The average Bonchev–Trinajstić information content (AvgIpc) is 3.38. The molecule has 8 heteroatoms. The summed E-state index contributed by atoms with van der Waals surface area (Å²) in [5.41, 5.74) is -2.28. The third-order valence-corrected chi connectivity index (χ3v) is 10.7. The molecule has 12 atom stereocenters. The van der Waals surface area contributed by atoms with Crippen LogP contribution in [0.2, 0.25) is 0 Å². The van der Waals surface area contributed by atoms with Crippen LogP contribution in [0.5, 0.6) is 0 Å². The number of aldehydes is 1. The summed E-state index contributed by atoms with van der Waals surface area (Å²) >= 11 is 0. The second kappa shape index (κ2) is 8.35. The summed E-state index contributed by atoms with van der Waals surface area (Å²) < 4.78 is 17.4. The maximum Gasteiger partial charge on any atom is 0.315 e. The van der Waals surface area contributed by atoms with E-state index in [1.807, 2.05) is 13.8 Å². The van der Waals surface area contributed by atoms with Crippen molar-refractivity contribution in [3.8, 4) is 0 Å². The van der Waals surface area contributed by atoms with E-state index in [0.29, 0.717) is 18.8 Å². The third kappa shape index (κ3) is 2.92. The molecule has 3 saturated carbocycles. The van der Waals surface area contributed by atoms with Crippen LogP contribution >= 0.6 is 0 Å². The van der Waals surface area contributed by atoms with Crippen molar-refractivity contribution in [2.24, 2.45) is 45.8 Å². The standard InChI is InChI=1S/C27H40O8/c1-13(2)19-8-16-9-25(11-28)18-7-6-14(3)17(18)10-26(16,27(19,25)24(31)32)12-34-23-21(30)20(29)22(33-5)15(4)35-23/h8,11,13-18,20-23,29-30H,6-7,9-10,12H2,1-5H3,(H,31,32)/t14-,15?,16?,17-,18?,20?,21?,22?,23?,25+,26+,27?/m1/s1. The van der Waals surface area contributed by atoms with E-state index >= 15 is 0 Å². The van der Waals surface area contributed by atoms with E-state index in [9.17, 15) is 24.9 Å². The van der Waals surface area contributed by atoms with Gasteiger partial charge in [-0.15, -0.1) is 0 Å². The predicted molar refractivity (Wildman–Crippen MR) is 125 cm³/mol. The maximum absolute atomic E-state index is 13.5. The molecular formula is C27H40O8. The lowest BCUT2D eigenvalue weighted by Crippen LogP contribution is -2.64. The molecular weight excluding hydrogens is 452 g/mol. The zero-order chi connectivity index (χ0) is 25.5. The molecule has 5 aliphatic rings. The number of methoxy groups -OCH3 is 1. The molecule has 35 heavy (non-hydrogen) atoms. The largest absolute Gasteiger partial charge is 0.481 e. The number of ether oxygens (including phenoxy) is 3. The number of rotatable bonds is 7. The summed E-state index contributed by atoms with van der Waals surface area (Å²) in [6.45, 7) is 8.02. The molecule has 4 aliphatic carbocycles. The second-order valence-electron chi connectivity index (χ2n) is 12.2. The van der Waals surface area contributed by atoms with Crippen molar-refractivity contribution >= 4 is 12.3 Å². The average molecular weight is 493 g/mol. The van der Waals surface area contributed by atoms with E-state index in [2.05, 4.69) is 13.0 Å². The Labute approximate surface area is 207 Å². The first kappa shape index (κ1) is 25.3. The summed E-state index contributed by atoms with van der Waals surface area (Å²) in [6.07, 6.45) is 1.32. The summed E-state index contributed by atoms with van der Waals surface area (Å²) in [6, 6.07) is 0. The molecule has 0 radical (unpaired) electrons. The first-order chi connectivity index (χ1) is 16.5. The van der Waals surface area contributed by atoms with Gasteiger partial charge >= 0.3 is 5.97 Å². The molecule has 3 N–H and O–H groups in total. The fourth-order valence-electron chi connectivity index (χ4n) is 9.34.